The van der Waals surface area contributed by atoms with Crippen LogP contribution in [0.3, 0.4) is 0 Å². The number of aromatic nitrogens is 1. The average molecular weight is 484 g/mol. The van der Waals surface area contributed by atoms with Crippen molar-refractivity contribution in [1.29, 1.82) is 0 Å². The number of carbonyl (C=O) groups excluding carboxylic acids is 2. The Labute approximate surface area is 199 Å². The van der Waals surface area contributed by atoms with Crippen molar-refractivity contribution in [3.63, 3.8) is 0 Å². The molecule has 2 amide bonds. The summed E-state index contributed by atoms with van der Waals surface area (Å²) in [5.41, 5.74) is 8.83. The number of nitrogens with two attached hydrogens (primary N) is 1. The van der Waals surface area contributed by atoms with Gasteiger partial charge in [0.1, 0.15) is 5.84 Å². The number of aromatic amines is 1. The lowest BCUT2D eigenvalue weighted by atomic mass is 10.1. The Morgan fingerprint density at radius 2 is 2.06 bits per heavy atom. The van der Waals surface area contributed by atoms with Crippen molar-refractivity contribution in [2.45, 2.75) is 18.8 Å². The quantitative estimate of drug-likeness (QED) is 0.433. The van der Waals surface area contributed by atoms with Crippen molar-refractivity contribution in [2.75, 3.05) is 23.4 Å². The maximum Gasteiger partial charge on any atom is 0.259 e. The molecule has 1 fully saturated rings. The van der Waals surface area contributed by atoms with Crippen LogP contribution in [-0.2, 0) is 20.9 Å². The molecular weight excluding hydrogens is 462 g/mol. The highest BCUT2D eigenvalue weighted by atomic mass is 35.5. The predicted octanol–water partition coefficient (Wildman–Crippen LogP) is 0.900. The molecular formula is C23H22ClN5O5. The van der Waals surface area contributed by atoms with Gasteiger partial charge < -0.3 is 30.8 Å². The Bertz CT molecular complexity index is 1370. The number of aliphatic hydroxyl groups excluding tert-OH is 1. The Hall–Kier alpha value is -3.73. The van der Waals surface area contributed by atoms with E-state index in [9.17, 15) is 19.5 Å². The van der Waals surface area contributed by atoms with E-state index in [1.54, 1.807) is 42.5 Å². The van der Waals surface area contributed by atoms with Crippen LogP contribution >= 0.6 is 12.4 Å². The van der Waals surface area contributed by atoms with Gasteiger partial charge in [-0.2, -0.15) is 0 Å². The fourth-order valence-electron chi connectivity index (χ4n) is 4.14. The first-order valence-corrected chi connectivity index (χ1v) is 10.4. The number of fused-ring (bicyclic) bond motifs is 2. The van der Waals surface area contributed by atoms with E-state index in [-0.39, 0.29) is 31.1 Å². The molecule has 2 aromatic carbocycles. The third-order valence-corrected chi connectivity index (χ3v) is 5.78. The Kier molecular flexibility index (Phi) is 6.38. The van der Waals surface area contributed by atoms with Crippen molar-refractivity contribution >= 4 is 52.3 Å². The van der Waals surface area contributed by atoms with Crippen molar-refractivity contribution < 1.29 is 19.4 Å². The molecule has 0 bridgehead atoms. The van der Waals surface area contributed by atoms with Crippen molar-refractivity contribution in [3.05, 3.63) is 70.0 Å². The number of nitrogens with zero attached hydrogens (tertiary/aromatic N) is 2. The molecule has 3 aromatic rings. The van der Waals surface area contributed by atoms with E-state index in [4.69, 9.17) is 10.5 Å². The second-order valence-electron chi connectivity index (χ2n) is 7.85. The minimum atomic E-state index is -1.72. The van der Waals surface area contributed by atoms with E-state index in [0.29, 0.717) is 34.7 Å². The molecule has 0 aliphatic carbocycles. The molecule has 0 spiro atoms. The van der Waals surface area contributed by atoms with Crippen molar-refractivity contribution in [1.82, 2.24) is 4.98 Å². The van der Waals surface area contributed by atoms with Gasteiger partial charge in [0.05, 0.1) is 24.4 Å². The number of aliphatic hydroxyl groups is 1. The summed E-state index contributed by atoms with van der Waals surface area (Å²) >= 11 is 0. The summed E-state index contributed by atoms with van der Waals surface area (Å²) in [6, 6.07) is 13.4. The number of pyridine rings is 1. The van der Waals surface area contributed by atoms with E-state index < -0.39 is 24.0 Å². The van der Waals surface area contributed by atoms with Crippen LogP contribution in [0.25, 0.3) is 10.9 Å². The third-order valence-electron chi connectivity index (χ3n) is 5.78. The molecule has 34 heavy (non-hydrogen) atoms. The molecule has 3 heterocycles. The van der Waals surface area contributed by atoms with Crippen molar-refractivity contribution in [2.24, 2.45) is 10.7 Å². The number of hydrogen-bond acceptors (Lipinski definition) is 7. The van der Waals surface area contributed by atoms with Gasteiger partial charge in [0, 0.05) is 29.2 Å². The lowest BCUT2D eigenvalue weighted by molar-refractivity contribution is -0.150. The van der Waals surface area contributed by atoms with Crippen LogP contribution in [0, 0.1) is 0 Å². The second kappa shape index (κ2) is 9.26. The van der Waals surface area contributed by atoms with Crippen LogP contribution in [-0.4, -0.2) is 53.1 Å². The first kappa shape index (κ1) is 23.4. The molecule has 2 atom stereocenters. The number of ether oxygens (including phenoxy) is 1. The zero-order valence-electron chi connectivity index (χ0n) is 17.9. The van der Waals surface area contributed by atoms with E-state index in [1.165, 1.54) is 11.0 Å². The van der Waals surface area contributed by atoms with Gasteiger partial charge in [-0.3, -0.25) is 19.4 Å². The second-order valence-corrected chi connectivity index (χ2v) is 7.85. The molecule has 5 N–H and O–H groups in total. The first-order valence-electron chi connectivity index (χ1n) is 10.4. The summed E-state index contributed by atoms with van der Waals surface area (Å²) in [6.07, 6.45) is -3.09. The Morgan fingerprint density at radius 1 is 1.24 bits per heavy atom. The van der Waals surface area contributed by atoms with E-state index >= 15 is 0 Å². The van der Waals surface area contributed by atoms with Gasteiger partial charge >= 0.3 is 0 Å². The fraction of sp³-hybridized carbons (Fsp3) is 0.217. The lowest BCUT2D eigenvalue weighted by Crippen LogP contribution is -2.55. The fourth-order valence-corrected chi connectivity index (χ4v) is 4.14. The summed E-state index contributed by atoms with van der Waals surface area (Å²) in [6.45, 7) is 0.799. The number of carbonyl (C=O) groups is 2. The number of benzene rings is 2. The van der Waals surface area contributed by atoms with Gasteiger partial charge in [0.15, 0.2) is 12.2 Å². The number of amidine groups is 1. The van der Waals surface area contributed by atoms with E-state index in [0.717, 1.165) is 11.1 Å². The van der Waals surface area contributed by atoms with Gasteiger partial charge in [0.2, 0.25) is 5.56 Å². The van der Waals surface area contributed by atoms with Crippen LogP contribution in [0.15, 0.2) is 58.3 Å². The molecule has 176 valence electrons. The van der Waals surface area contributed by atoms with Gasteiger partial charge in [-0.15, -0.1) is 12.4 Å². The number of rotatable bonds is 4. The van der Waals surface area contributed by atoms with Crippen LogP contribution in [0.4, 0.5) is 11.4 Å². The highest BCUT2D eigenvalue weighted by molar-refractivity contribution is 6.08. The van der Waals surface area contributed by atoms with E-state index in [2.05, 4.69) is 15.3 Å². The van der Waals surface area contributed by atoms with Gasteiger partial charge in [-0.05, 0) is 42.0 Å². The molecule has 0 radical (unpaired) electrons. The predicted molar refractivity (Wildman–Crippen MR) is 129 cm³/mol. The smallest absolute Gasteiger partial charge is 0.259 e. The number of halogens is 1. The molecule has 10 nitrogen and oxygen atoms in total. The highest BCUT2D eigenvalue weighted by Crippen LogP contribution is 2.28. The minimum absolute atomic E-state index is 0. The molecule has 0 unspecified atom stereocenters. The van der Waals surface area contributed by atoms with Gasteiger partial charge in [-0.25, -0.2) is 0 Å². The normalized spacial score (nSPS) is 18.1. The van der Waals surface area contributed by atoms with Crippen molar-refractivity contribution in [3.8, 4) is 0 Å². The van der Waals surface area contributed by atoms with Gasteiger partial charge in [0.25, 0.3) is 11.8 Å². The number of H-pyrrole nitrogens is 1. The molecule has 0 saturated carbocycles. The highest BCUT2D eigenvalue weighted by Gasteiger charge is 2.39. The summed E-state index contributed by atoms with van der Waals surface area (Å²) in [7, 11) is 0. The maximum absolute atomic E-state index is 13.2. The monoisotopic (exact) mass is 483 g/mol. The zero-order chi connectivity index (χ0) is 23.1. The number of amides is 2. The standard InChI is InChI=1S/C23H21N5O5.ClH/c24-21-14-5-4-13(10-12(14)11-25-21)26-22(31)19(30)20-23(32)28(8-9-33-20)17-3-1-2-16-15(17)6-7-18(29)27-16;/h1-7,10,19-20,30H,8-9,11H2,(H2,24,25)(H,26,31)(H,27,29);1H/t19-,20-;/m1./s1. The van der Waals surface area contributed by atoms with Crippen LogP contribution in [0.5, 0.6) is 0 Å². The molecule has 2 aliphatic heterocycles. The molecule has 2 aliphatic rings. The number of morpholine rings is 1. The number of anilines is 2. The molecule has 11 heteroatoms. The van der Waals surface area contributed by atoms with Crippen LogP contribution in [0.2, 0.25) is 0 Å². The van der Waals surface area contributed by atoms with E-state index in [1.807, 2.05) is 0 Å². The third kappa shape index (κ3) is 4.14. The van der Waals surface area contributed by atoms with Crippen LogP contribution < -0.4 is 21.5 Å². The molecule has 5 rings (SSSR count). The number of nitrogens with one attached hydrogen (secondary N) is 2. The molecule has 1 aromatic heterocycles. The number of aliphatic imine (C=N–C) groups is 1. The van der Waals surface area contributed by atoms with Gasteiger partial charge in [-0.1, -0.05) is 6.07 Å². The summed E-state index contributed by atoms with van der Waals surface area (Å²) < 4.78 is 5.49. The maximum atomic E-state index is 13.2. The number of hydrogen-bond donors (Lipinski definition) is 4. The summed E-state index contributed by atoms with van der Waals surface area (Å²) in [5.74, 6) is -0.858. The largest absolute Gasteiger partial charge is 0.383 e. The summed E-state index contributed by atoms with van der Waals surface area (Å²) in [4.78, 5) is 45.9. The Morgan fingerprint density at radius 3 is 2.88 bits per heavy atom. The Balaban J connectivity index is 0.00000274. The minimum Gasteiger partial charge on any atom is -0.383 e. The summed E-state index contributed by atoms with van der Waals surface area (Å²) in [5, 5.41) is 13.9. The SMILES string of the molecule is Cl.NC1=NCc2cc(NC(=O)[C@H](O)[C@H]3OCCN(c4cccc5[nH]c(=O)ccc45)C3=O)ccc21. The zero-order valence-corrected chi connectivity index (χ0v) is 18.7. The molecule has 1 saturated heterocycles. The topological polar surface area (TPSA) is 150 Å². The average Bonchev–Trinajstić information content (AvgIpc) is 3.18. The first-order chi connectivity index (χ1) is 15.9. The lowest BCUT2D eigenvalue weighted by Gasteiger charge is -2.34. The van der Waals surface area contributed by atoms with Crippen LogP contribution in [0.1, 0.15) is 11.1 Å².